The summed E-state index contributed by atoms with van der Waals surface area (Å²) < 4.78 is 5.34. The molecule has 0 aromatic heterocycles. The van der Waals surface area contributed by atoms with Crippen LogP contribution in [0.5, 0.6) is 0 Å². The van der Waals surface area contributed by atoms with Crippen LogP contribution in [0.25, 0.3) is 0 Å². The SMILES string of the molecule is CCc1cccc(NC(=O)N(C)CC2CCOCC2)c1. The molecule has 1 aromatic rings. The van der Waals surface area contributed by atoms with Gasteiger partial charge in [-0.2, -0.15) is 0 Å². The zero-order valence-electron chi connectivity index (χ0n) is 12.4. The quantitative estimate of drug-likeness (QED) is 0.918. The Labute approximate surface area is 121 Å². The van der Waals surface area contributed by atoms with Crippen LogP contribution in [-0.4, -0.2) is 37.7 Å². The fourth-order valence-corrected chi connectivity index (χ4v) is 2.49. The molecule has 1 fully saturated rings. The number of aryl methyl sites for hydroxylation is 1. The number of nitrogens with zero attached hydrogens (tertiary/aromatic N) is 1. The van der Waals surface area contributed by atoms with Gasteiger partial charge in [0.2, 0.25) is 0 Å². The molecule has 1 heterocycles. The molecule has 1 N–H and O–H groups in total. The number of hydrogen-bond donors (Lipinski definition) is 1. The van der Waals surface area contributed by atoms with Crippen molar-refractivity contribution in [2.45, 2.75) is 26.2 Å². The molecule has 2 rings (SSSR count). The second-order valence-electron chi connectivity index (χ2n) is 5.42. The van der Waals surface area contributed by atoms with Crippen LogP contribution >= 0.6 is 0 Å². The van der Waals surface area contributed by atoms with Crippen LogP contribution in [0.1, 0.15) is 25.3 Å². The number of carbonyl (C=O) groups is 1. The molecule has 0 atom stereocenters. The van der Waals surface area contributed by atoms with Crippen LogP contribution < -0.4 is 5.32 Å². The van der Waals surface area contributed by atoms with Gasteiger partial charge in [0, 0.05) is 32.5 Å². The third-order valence-corrected chi connectivity index (χ3v) is 3.81. The van der Waals surface area contributed by atoms with Crippen molar-refractivity contribution in [2.75, 3.05) is 32.1 Å². The van der Waals surface area contributed by atoms with Crippen LogP contribution in [0, 0.1) is 5.92 Å². The van der Waals surface area contributed by atoms with Crippen molar-refractivity contribution in [3.63, 3.8) is 0 Å². The van der Waals surface area contributed by atoms with Gasteiger partial charge in [-0.15, -0.1) is 0 Å². The Morgan fingerprint density at radius 3 is 2.85 bits per heavy atom. The largest absolute Gasteiger partial charge is 0.381 e. The molecule has 1 aliphatic rings. The van der Waals surface area contributed by atoms with Gasteiger partial charge in [-0.3, -0.25) is 0 Å². The molecule has 1 saturated heterocycles. The third-order valence-electron chi connectivity index (χ3n) is 3.81. The summed E-state index contributed by atoms with van der Waals surface area (Å²) in [5, 5.41) is 2.96. The van der Waals surface area contributed by atoms with E-state index in [4.69, 9.17) is 4.74 Å². The van der Waals surface area contributed by atoms with Gasteiger partial charge in [0.1, 0.15) is 0 Å². The van der Waals surface area contributed by atoms with Gasteiger partial charge in [-0.1, -0.05) is 19.1 Å². The van der Waals surface area contributed by atoms with Crippen LogP contribution in [0.4, 0.5) is 10.5 Å². The summed E-state index contributed by atoms with van der Waals surface area (Å²) in [6, 6.07) is 7.97. The fourth-order valence-electron chi connectivity index (χ4n) is 2.49. The average Bonchev–Trinajstić information content (AvgIpc) is 2.48. The molecule has 0 spiro atoms. The van der Waals surface area contributed by atoms with E-state index in [0.29, 0.717) is 5.92 Å². The summed E-state index contributed by atoms with van der Waals surface area (Å²) in [4.78, 5) is 13.9. The highest BCUT2D eigenvalue weighted by Crippen LogP contribution is 2.16. The van der Waals surface area contributed by atoms with E-state index in [2.05, 4.69) is 18.3 Å². The third kappa shape index (κ3) is 4.23. The molecule has 4 heteroatoms. The van der Waals surface area contributed by atoms with Gasteiger partial charge in [-0.25, -0.2) is 4.79 Å². The van der Waals surface area contributed by atoms with Gasteiger partial charge in [0.05, 0.1) is 0 Å². The lowest BCUT2D eigenvalue weighted by molar-refractivity contribution is 0.0592. The second kappa shape index (κ2) is 7.29. The van der Waals surface area contributed by atoms with Crippen molar-refractivity contribution < 1.29 is 9.53 Å². The molecule has 1 aliphatic heterocycles. The van der Waals surface area contributed by atoms with Crippen LogP contribution in [-0.2, 0) is 11.2 Å². The van der Waals surface area contributed by atoms with Crippen molar-refractivity contribution in [3.8, 4) is 0 Å². The normalized spacial score (nSPS) is 15.9. The van der Waals surface area contributed by atoms with Crippen molar-refractivity contribution in [1.82, 2.24) is 4.90 Å². The highest BCUT2D eigenvalue weighted by Gasteiger charge is 2.18. The molecule has 110 valence electrons. The maximum absolute atomic E-state index is 12.2. The monoisotopic (exact) mass is 276 g/mol. The zero-order chi connectivity index (χ0) is 14.4. The molecule has 20 heavy (non-hydrogen) atoms. The topological polar surface area (TPSA) is 41.6 Å². The van der Waals surface area contributed by atoms with Crippen LogP contribution in [0.2, 0.25) is 0 Å². The minimum absolute atomic E-state index is 0.0373. The number of urea groups is 1. The maximum atomic E-state index is 12.2. The van der Waals surface area contributed by atoms with E-state index in [1.54, 1.807) is 4.90 Å². The van der Waals surface area contributed by atoms with Crippen molar-refractivity contribution >= 4 is 11.7 Å². The Kier molecular flexibility index (Phi) is 5.41. The van der Waals surface area contributed by atoms with Crippen molar-refractivity contribution in [2.24, 2.45) is 5.92 Å². The average molecular weight is 276 g/mol. The Hall–Kier alpha value is -1.55. The summed E-state index contributed by atoms with van der Waals surface area (Å²) in [7, 11) is 1.86. The van der Waals surface area contributed by atoms with Crippen LogP contribution in [0.3, 0.4) is 0 Å². The summed E-state index contributed by atoms with van der Waals surface area (Å²) in [5.41, 5.74) is 2.10. The first-order valence-corrected chi connectivity index (χ1v) is 7.38. The fraction of sp³-hybridized carbons (Fsp3) is 0.562. The van der Waals surface area contributed by atoms with Crippen LogP contribution in [0.15, 0.2) is 24.3 Å². The number of ether oxygens (including phenoxy) is 1. The lowest BCUT2D eigenvalue weighted by Crippen LogP contribution is -2.36. The molecule has 0 aliphatic carbocycles. The molecule has 1 aromatic carbocycles. The van der Waals surface area contributed by atoms with E-state index >= 15 is 0 Å². The maximum Gasteiger partial charge on any atom is 0.321 e. The van der Waals surface area contributed by atoms with E-state index in [1.165, 1.54) is 5.56 Å². The Morgan fingerprint density at radius 1 is 1.40 bits per heavy atom. The molecule has 0 unspecified atom stereocenters. The minimum Gasteiger partial charge on any atom is -0.381 e. The standard InChI is InChI=1S/C16H24N2O2/c1-3-13-5-4-6-15(11-13)17-16(19)18(2)12-14-7-9-20-10-8-14/h4-6,11,14H,3,7-10,12H2,1-2H3,(H,17,19). The van der Waals surface area contributed by atoms with Crippen molar-refractivity contribution in [1.29, 1.82) is 0 Å². The number of amides is 2. The summed E-state index contributed by atoms with van der Waals surface area (Å²) >= 11 is 0. The molecule has 4 nitrogen and oxygen atoms in total. The number of carbonyl (C=O) groups excluding carboxylic acids is 1. The van der Waals surface area contributed by atoms with Gasteiger partial charge in [0.25, 0.3) is 0 Å². The number of benzene rings is 1. The highest BCUT2D eigenvalue weighted by molar-refractivity contribution is 5.89. The number of hydrogen-bond acceptors (Lipinski definition) is 2. The first-order chi connectivity index (χ1) is 9.69. The first-order valence-electron chi connectivity index (χ1n) is 7.38. The Bertz CT molecular complexity index is 442. The lowest BCUT2D eigenvalue weighted by Gasteiger charge is -2.27. The Balaban J connectivity index is 1.86. The van der Waals surface area contributed by atoms with Gasteiger partial charge < -0.3 is 15.0 Å². The van der Waals surface area contributed by atoms with E-state index in [1.807, 2.05) is 25.2 Å². The Morgan fingerprint density at radius 2 is 2.15 bits per heavy atom. The zero-order valence-corrected chi connectivity index (χ0v) is 12.4. The molecule has 0 bridgehead atoms. The smallest absolute Gasteiger partial charge is 0.321 e. The van der Waals surface area contributed by atoms with Gasteiger partial charge >= 0.3 is 6.03 Å². The van der Waals surface area contributed by atoms with E-state index in [0.717, 1.165) is 44.7 Å². The van der Waals surface area contributed by atoms with Crippen molar-refractivity contribution in [3.05, 3.63) is 29.8 Å². The number of nitrogens with one attached hydrogen (secondary N) is 1. The predicted octanol–water partition coefficient (Wildman–Crippen LogP) is 3.14. The second-order valence-corrected chi connectivity index (χ2v) is 5.42. The summed E-state index contributed by atoms with van der Waals surface area (Å²) in [6.07, 6.45) is 3.06. The van der Waals surface area contributed by atoms with Gasteiger partial charge in [0.15, 0.2) is 0 Å². The predicted molar refractivity (Wildman–Crippen MR) is 81.0 cm³/mol. The molecule has 2 amide bonds. The minimum atomic E-state index is -0.0373. The van der Waals surface area contributed by atoms with E-state index in [9.17, 15) is 4.79 Å². The highest BCUT2D eigenvalue weighted by atomic mass is 16.5. The molecular weight excluding hydrogens is 252 g/mol. The summed E-state index contributed by atoms with van der Waals surface area (Å²) in [5.74, 6) is 0.557. The number of anilines is 1. The summed E-state index contributed by atoms with van der Waals surface area (Å²) in [6.45, 7) is 4.54. The van der Waals surface area contributed by atoms with Gasteiger partial charge in [-0.05, 0) is 42.9 Å². The molecule has 0 saturated carbocycles. The molecule has 0 radical (unpaired) electrons. The van der Waals surface area contributed by atoms with E-state index in [-0.39, 0.29) is 6.03 Å². The first kappa shape index (κ1) is 14.9. The van der Waals surface area contributed by atoms with E-state index < -0.39 is 0 Å². The number of rotatable bonds is 4. The molecular formula is C16H24N2O2. The lowest BCUT2D eigenvalue weighted by atomic mass is 10.00.